The van der Waals surface area contributed by atoms with E-state index >= 15 is 0 Å². The smallest absolute Gasteiger partial charge is 0.265 e. The van der Waals surface area contributed by atoms with Gasteiger partial charge in [-0.15, -0.1) is 0 Å². The number of amides is 1. The number of halogens is 2. The average molecular weight is 325 g/mol. The maximum absolute atomic E-state index is 12.5. The van der Waals surface area contributed by atoms with E-state index in [0.717, 1.165) is 12.3 Å². The Morgan fingerprint density at radius 1 is 1.52 bits per heavy atom. The molecule has 0 aliphatic carbocycles. The van der Waals surface area contributed by atoms with Crippen LogP contribution in [0.2, 0.25) is 0 Å². The van der Waals surface area contributed by atoms with Crippen molar-refractivity contribution >= 4 is 15.9 Å². The van der Waals surface area contributed by atoms with Crippen LogP contribution in [-0.4, -0.2) is 56.4 Å². The first kappa shape index (κ1) is 17.5. The second kappa shape index (κ2) is 6.96. The number of carbonyl (C=O) groups excluding carboxylic acids is 1. The number of aryl methyl sites for hydroxylation is 1. The van der Waals surface area contributed by atoms with Crippen LogP contribution < -0.4 is 5.73 Å². The van der Waals surface area contributed by atoms with Gasteiger partial charge in [0.2, 0.25) is 10.0 Å². The van der Waals surface area contributed by atoms with E-state index in [-0.39, 0.29) is 23.7 Å². The van der Waals surface area contributed by atoms with Crippen molar-refractivity contribution in [2.24, 2.45) is 12.8 Å². The first-order valence-electron chi connectivity index (χ1n) is 5.93. The Kier molecular flexibility index (Phi) is 5.81. The van der Waals surface area contributed by atoms with Crippen molar-refractivity contribution in [3.63, 3.8) is 0 Å². The maximum atomic E-state index is 12.5. The van der Waals surface area contributed by atoms with Crippen molar-refractivity contribution < 1.29 is 26.7 Å². The van der Waals surface area contributed by atoms with Gasteiger partial charge in [-0.3, -0.25) is 4.79 Å². The molecule has 2 N–H and O–H groups in total. The number of rotatable bonds is 8. The van der Waals surface area contributed by atoms with Gasteiger partial charge in [-0.1, -0.05) is 0 Å². The Morgan fingerprint density at radius 2 is 2.14 bits per heavy atom. The van der Waals surface area contributed by atoms with Crippen molar-refractivity contribution in [1.82, 2.24) is 8.87 Å². The van der Waals surface area contributed by atoms with Crippen molar-refractivity contribution in [3.8, 4) is 0 Å². The van der Waals surface area contributed by atoms with Gasteiger partial charge < -0.3 is 15.0 Å². The molecule has 0 unspecified atom stereocenters. The number of hydrogen-bond acceptors (Lipinski definition) is 4. The topological polar surface area (TPSA) is 94.6 Å². The summed E-state index contributed by atoms with van der Waals surface area (Å²) in [5, 5.41) is 0. The summed E-state index contributed by atoms with van der Waals surface area (Å²) in [5.41, 5.74) is 5.07. The molecule has 1 amide bonds. The number of hydrogen-bond donors (Lipinski definition) is 1. The molecule has 0 spiro atoms. The number of alkyl halides is 2. The lowest BCUT2D eigenvalue weighted by atomic mass is 10.4. The van der Waals surface area contributed by atoms with Crippen LogP contribution in [0, 0.1) is 0 Å². The highest BCUT2D eigenvalue weighted by atomic mass is 32.2. The van der Waals surface area contributed by atoms with Crippen LogP contribution in [0.3, 0.4) is 0 Å². The summed E-state index contributed by atoms with van der Waals surface area (Å²) < 4.78 is 56.3. The minimum Gasteiger partial charge on any atom is -0.383 e. The molecule has 0 fully saturated rings. The number of sulfonamides is 1. The van der Waals surface area contributed by atoms with Gasteiger partial charge in [0.05, 0.1) is 13.2 Å². The van der Waals surface area contributed by atoms with E-state index in [1.807, 2.05) is 0 Å². The van der Waals surface area contributed by atoms with Gasteiger partial charge in [0.1, 0.15) is 10.6 Å². The first-order chi connectivity index (χ1) is 9.70. The van der Waals surface area contributed by atoms with Crippen LogP contribution in [0.25, 0.3) is 0 Å². The Morgan fingerprint density at radius 3 is 2.57 bits per heavy atom. The van der Waals surface area contributed by atoms with E-state index in [9.17, 15) is 22.0 Å². The molecule has 0 aliphatic rings. The van der Waals surface area contributed by atoms with E-state index in [0.29, 0.717) is 4.31 Å². The summed E-state index contributed by atoms with van der Waals surface area (Å²) in [5.74, 6) is -0.809. The minimum absolute atomic E-state index is 0.0263. The van der Waals surface area contributed by atoms with E-state index in [4.69, 9.17) is 10.5 Å². The number of ether oxygens (including phenoxy) is 1. The quantitative estimate of drug-likeness (QED) is 0.729. The summed E-state index contributed by atoms with van der Waals surface area (Å²) in [6, 6.07) is 1.06. The number of methoxy groups -OCH3 is 1. The molecule has 7 nitrogen and oxygen atoms in total. The normalized spacial score (nSPS) is 12.3. The lowest BCUT2D eigenvalue weighted by Gasteiger charge is -2.20. The summed E-state index contributed by atoms with van der Waals surface area (Å²) in [7, 11) is -1.39. The van der Waals surface area contributed by atoms with E-state index in [2.05, 4.69) is 0 Å². The minimum atomic E-state index is -4.16. The molecule has 1 aromatic rings. The zero-order valence-corrected chi connectivity index (χ0v) is 12.4. The number of nitrogens with zero attached hydrogens (tertiary/aromatic N) is 2. The highest BCUT2D eigenvalue weighted by molar-refractivity contribution is 7.89. The summed E-state index contributed by atoms with van der Waals surface area (Å²) >= 11 is 0. The van der Waals surface area contributed by atoms with Crippen LogP contribution in [0.4, 0.5) is 8.78 Å². The van der Waals surface area contributed by atoms with E-state index < -0.39 is 28.9 Å². The third-order valence-corrected chi connectivity index (χ3v) is 4.59. The number of nitrogens with two attached hydrogens (primary N) is 1. The number of primary amides is 1. The van der Waals surface area contributed by atoms with Gasteiger partial charge in [-0.2, -0.15) is 4.31 Å². The molecular weight excluding hydrogens is 308 g/mol. The molecule has 0 aromatic carbocycles. The second-order valence-electron chi connectivity index (χ2n) is 4.28. The molecule has 1 rings (SSSR count). The number of carbonyl (C=O) groups is 1. The molecular formula is C11H17F2N3O4S. The van der Waals surface area contributed by atoms with Gasteiger partial charge >= 0.3 is 0 Å². The fourth-order valence-electron chi connectivity index (χ4n) is 1.73. The van der Waals surface area contributed by atoms with E-state index in [1.165, 1.54) is 18.7 Å². The Balaban J connectivity index is 3.15. The molecule has 21 heavy (non-hydrogen) atoms. The van der Waals surface area contributed by atoms with Gasteiger partial charge in [0, 0.05) is 26.9 Å². The van der Waals surface area contributed by atoms with Crippen molar-refractivity contribution in [1.29, 1.82) is 0 Å². The van der Waals surface area contributed by atoms with Crippen LogP contribution in [0.1, 0.15) is 10.5 Å². The standard InChI is InChI=1S/C11H17F2N3O4S/c1-15-6-8(5-9(15)11(14)17)21(18,19)16(3-4-20-2)7-10(12)13/h5-6,10H,3-4,7H2,1-2H3,(H2,14,17). The molecule has 120 valence electrons. The highest BCUT2D eigenvalue weighted by Gasteiger charge is 2.29. The zero-order chi connectivity index (χ0) is 16.2. The summed E-state index contributed by atoms with van der Waals surface area (Å²) in [4.78, 5) is 10.9. The SMILES string of the molecule is COCCN(CC(F)F)S(=O)(=O)c1cc(C(N)=O)n(C)c1. The Labute approximate surface area is 121 Å². The zero-order valence-electron chi connectivity index (χ0n) is 11.6. The fourth-order valence-corrected chi connectivity index (χ4v) is 3.20. The Bertz CT molecular complexity index is 601. The lowest BCUT2D eigenvalue weighted by Crippen LogP contribution is -2.37. The van der Waals surface area contributed by atoms with Crippen molar-refractivity contribution in [2.75, 3.05) is 26.8 Å². The predicted octanol–water partition coefficient (Wildman–Crippen LogP) is 0.0262. The third kappa shape index (κ3) is 4.22. The fraction of sp³-hybridized carbons (Fsp3) is 0.545. The third-order valence-electron chi connectivity index (χ3n) is 2.76. The maximum Gasteiger partial charge on any atom is 0.265 e. The van der Waals surface area contributed by atoms with Gasteiger partial charge in [-0.05, 0) is 6.07 Å². The van der Waals surface area contributed by atoms with Crippen LogP contribution in [-0.2, 0) is 21.8 Å². The highest BCUT2D eigenvalue weighted by Crippen LogP contribution is 2.19. The largest absolute Gasteiger partial charge is 0.383 e. The second-order valence-corrected chi connectivity index (χ2v) is 6.22. The molecule has 10 heteroatoms. The van der Waals surface area contributed by atoms with Crippen LogP contribution in [0.5, 0.6) is 0 Å². The molecule has 0 radical (unpaired) electrons. The first-order valence-corrected chi connectivity index (χ1v) is 7.37. The monoisotopic (exact) mass is 325 g/mol. The predicted molar refractivity (Wildman–Crippen MR) is 70.6 cm³/mol. The molecule has 0 atom stereocenters. The molecule has 1 heterocycles. The molecule has 0 saturated heterocycles. The van der Waals surface area contributed by atoms with E-state index in [1.54, 1.807) is 0 Å². The molecule has 0 saturated carbocycles. The van der Waals surface area contributed by atoms with Crippen molar-refractivity contribution in [2.45, 2.75) is 11.3 Å². The average Bonchev–Trinajstić information content (AvgIpc) is 2.76. The van der Waals surface area contributed by atoms with Crippen molar-refractivity contribution in [3.05, 3.63) is 18.0 Å². The van der Waals surface area contributed by atoms with Crippen LogP contribution >= 0.6 is 0 Å². The van der Waals surface area contributed by atoms with Gasteiger partial charge in [0.25, 0.3) is 12.3 Å². The Hall–Kier alpha value is -1.52. The van der Waals surface area contributed by atoms with Crippen LogP contribution in [0.15, 0.2) is 17.2 Å². The molecule has 0 bridgehead atoms. The summed E-state index contributed by atoms with van der Waals surface area (Å²) in [6.45, 7) is -1.20. The lowest BCUT2D eigenvalue weighted by molar-refractivity contribution is 0.0992. The van der Waals surface area contributed by atoms with Gasteiger partial charge in [0.15, 0.2) is 0 Å². The molecule has 1 aromatic heterocycles. The molecule has 0 aliphatic heterocycles. The summed E-state index contributed by atoms with van der Waals surface area (Å²) in [6.07, 6.45) is -1.67. The number of aromatic nitrogens is 1. The van der Waals surface area contributed by atoms with Gasteiger partial charge in [-0.25, -0.2) is 17.2 Å².